The van der Waals surface area contributed by atoms with Crippen molar-refractivity contribution in [3.8, 4) is 23.0 Å². The third-order valence-corrected chi connectivity index (χ3v) is 5.01. The molecule has 184 valence electrons. The number of hydrazone groups is 1. The van der Waals surface area contributed by atoms with Crippen molar-refractivity contribution in [2.75, 3.05) is 20.3 Å². The van der Waals surface area contributed by atoms with Crippen LogP contribution in [0.1, 0.15) is 35.3 Å². The number of halogens is 2. The van der Waals surface area contributed by atoms with Crippen LogP contribution in [0.2, 0.25) is 5.02 Å². The van der Waals surface area contributed by atoms with Gasteiger partial charge < -0.3 is 18.9 Å². The molecule has 3 aromatic rings. The van der Waals surface area contributed by atoms with E-state index in [0.29, 0.717) is 52.4 Å². The molecule has 0 heterocycles. The summed E-state index contributed by atoms with van der Waals surface area (Å²) in [4.78, 5) is 12.5. The predicted molar refractivity (Wildman–Crippen MR) is 133 cm³/mol. The minimum atomic E-state index is -0.416. The molecule has 1 amide bonds. The molecule has 0 saturated heterocycles. The van der Waals surface area contributed by atoms with Crippen molar-refractivity contribution in [1.29, 1.82) is 0 Å². The lowest BCUT2D eigenvalue weighted by atomic mass is 10.2. The van der Waals surface area contributed by atoms with Crippen LogP contribution in [-0.2, 0) is 6.61 Å². The van der Waals surface area contributed by atoms with Gasteiger partial charge in [-0.25, -0.2) is 9.82 Å². The molecule has 0 aliphatic carbocycles. The highest BCUT2D eigenvalue weighted by molar-refractivity contribution is 6.32. The quantitative estimate of drug-likeness (QED) is 0.273. The van der Waals surface area contributed by atoms with Gasteiger partial charge in [-0.15, -0.1) is 0 Å². The van der Waals surface area contributed by atoms with Gasteiger partial charge in [-0.2, -0.15) is 5.10 Å². The Kier molecular flexibility index (Phi) is 9.31. The highest BCUT2D eigenvalue weighted by atomic mass is 35.5. The first-order valence-corrected chi connectivity index (χ1v) is 11.3. The topological polar surface area (TPSA) is 78.4 Å². The zero-order chi connectivity index (χ0) is 25.2. The highest BCUT2D eigenvalue weighted by Gasteiger charge is 2.14. The lowest BCUT2D eigenvalue weighted by molar-refractivity contribution is 0.0954. The maximum atomic E-state index is 13.1. The number of rotatable bonds is 11. The summed E-state index contributed by atoms with van der Waals surface area (Å²) in [7, 11) is 1.53. The third-order valence-electron chi connectivity index (χ3n) is 4.73. The number of nitrogens with zero attached hydrogens (tertiary/aromatic N) is 1. The monoisotopic (exact) mass is 500 g/mol. The standard InChI is InChI=1S/C26H26ClFN2O5/c1-4-33-23-14-19(8-11-22(23)32-3)26(31)30-29-15-18-12-21(27)25(24(13-18)34-5-2)35-16-17-6-9-20(28)10-7-17/h6-15H,4-5,16H2,1-3H3,(H,30,31)/b29-15+. The van der Waals surface area contributed by atoms with Gasteiger partial charge in [-0.05, 0) is 67.4 Å². The van der Waals surface area contributed by atoms with Crippen LogP contribution < -0.4 is 24.4 Å². The van der Waals surface area contributed by atoms with E-state index < -0.39 is 5.91 Å². The lowest BCUT2D eigenvalue weighted by Crippen LogP contribution is -2.17. The Bertz CT molecular complexity index is 1190. The molecule has 0 atom stereocenters. The zero-order valence-corrected chi connectivity index (χ0v) is 20.4. The van der Waals surface area contributed by atoms with Gasteiger partial charge in [-0.1, -0.05) is 23.7 Å². The number of hydrogen-bond acceptors (Lipinski definition) is 6. The van der Waals surface area contributed by atoms with Crippen LogP contribution in [0.4, 0.5) is 4.39 Å². The van der Waals surface area contributed by atoms with Crippen LogP contribution in [0.25, 0.3) is 0 Å². The van der Waals surface area contributed by atoms with E-state index in [4.69, 9.17) is 30.5 Å². The van der Waals surface area contributed by atoms with E-state index in [2.05, 4.69) is 10.5 Å². The molecular weight excluding hydrogens is 475 g/mol. The number of carbonyl (C=O) groups excluding carboxylic acids is 1. The molecule has 3 aromatic carbocycles. The van der Waals surface area contributed by atoms with E-state index in [9.17, 15) is 9.18 Å². The van der Waals surface area contributed by atoms with Gasteiger partial charge in [-0.3, -0.25) is 4.79 Å². The average Bonchev–Trinajstić information content (AvgIpc) is 2.85. The Balaban J connectivity index is 1.71. The Morgan fingerprint density at radius 3 is 2.37 bits per heavy atom. The molecule has 9 heteroatoms. The zero-order valence-electron chi connectivity index (χ0n) is 19.6. The van der Waals surface area contributed by atoms with Gasteiger partial charge in [0.1, 0.15) is 12.4 Å². The molecule has 7 nitrogen and oxygen atoms in total. The van der Waals surface area contributed by atoms with E-state index in [1.165, 1.54) is 25.5 Å². The summed E-state index contributed by atoms with van der Waals surface area (Å²) in [5.74, 6) is 1.05. The van der Waals surface area contributed by atoms with Crippen molar-refractivity contribution in [3.63, 3.8) is 0 Å². The fourth-order valence-corrected chi connectivity index (χ4v) is 3.39. The van der Waals surface area contributed by atoms with Crippen molar-refractivity contribution in [3.05, 3.63) is 82.1 Å². The smallest absolute Gasteiger partial charge is 0.271 e. The van der Waals surface area contributed by atoms with Crippen molar-refractivity contribution in [1.82, 2.24) is 5.43 Å². The number of amides is 1. The van der Waals surface area contributed by atoms with Crippen LogP contribution in [0.15, 0.2) is 59.7 Å². The molecule has 0 radical (unpaired) electrons. The molecule has 0 spiro atoms. The molecule has 0 fully saturated rings. The van der Waals surface area contributed by atoms with Gasteiger partial charge in [0.2, 0.25) is 0 Å². The lowest BCUT2D eigenvalue weighted by Gasteiger charge is -2.14. The molecule has 0 unspecified atom stereocenters. The number of benzene rings is 3. The minimum absolute atomic E-state index is 0.190. The number of methoxy groups -OCH3 is 1. The molecule has 3 rings (SSSR count). The first-order valence-electron chi connectivity index (χ1n) is 10.9. The van der Waals surface area contributed by atoms with E-state index in [0.717, 1.165) is 5.56 Å². The Morgan fingerprint density at radius 2 is 1.69 bits per heavy atom. The fourth-order valence-electron chi connectivity index (χ4n) is 3.12. The molecule has 0 aliphatic heterocycles. The number of nitrogens with one attached hydrogen (secondary N) is 1. The average molecular weight is 501 g/mol. The van der Waals surface area contributed by atoms with Gasteiger partial charge in [0.15, 0.2) is 23.0 Å². The van der Waals surface area contributed by atoms with Crippen molar-refractivity contribution in [2.24, 2.45) is 5.10 Å². The predicted octanol–water partition coefficient (Wildman–Crippen LogP) is 5.63. The second-order valence-electron chi connectivity index (χ2n) is 7.18. The Morgan fingerprint density at radius 1 is 0.971 bits per heavy atom. The van der Waals surface area contributed by atoms with Crippen LogP contribution in [0.3, 0.4) is 0 Å². The maximum absolute atomic E-state index is 13.1. The third kappa shape index (κ3) is 7.10. The van der Waals surface area contributed by atoms with E-state index in [-0.39, 0.29) is 12.4 Å². The summed E-state index contributed by atoms with van der Waals surface area (Å²) in [6.07, 6.45) is 1.45. The van der Waals surface area contributed by atoms with Gasteiger partial charge in [0.05, 0.1) is 31.6 Å². The number of ether oxygens (including phenoxy) is 4. The number of carbonyl (C=O) groups is 1. The molecule has 0 aliphatic rings. The summed E-state index contributed by atoms with van der Waals surface area (Å²) in [5, 5.41) is 4.33. The van der Waals surface area contributed by atoms with Crippen LogP contribution in [0, 0.1) is 5.82 Å². The van der Waals surface area contributed by atoms with Crippen LogP contribution >= 0.6 is 11.6 Å². The number of hydrogen-bond donors (Lipinski definition) is 1. The second kappa shape index (κ2) is 12.6. The SMILES string of the molecule is CCOc1cc(C(=O)N/N=C/c2cc(Cl)c(OCc3ccc(F)cc3)c(OCC)c2)ccc1OC. The molecule has 0 saturated carbocycles. The fraction of sp³-hybridized carbons (Fsp3) is 0.231. The largest absolute Gasteiger partial charge is 0.493 e. The van der Waals surface area contributed by atoms with E-state index in [1.807, 2.05) is 13.8 Å². The Labute approximate surface area is 208 Å². The highest BCUT2D eigenvalue weighted by Crippen LogP contribution is 2.37. The second-order valence-corrected chi connectivity index (χ2v) is 7.58. The van der Waals surface area contributed by atoms with Gasteiger partial charge >= 0.3 is 0 Å². The van der Waals surface area contributed by atoms with Crippen molar-refractivity contribution >= 4 is 23.7 Å². The van der Waals surface area contributed by atoms with Crippen molar-refractivity contribution < 1.29 is 28.1 Å². The van der Waals surface area contributed by atoms with Crippen molar-refractivity contribution in [2.45, 2.75) is 20.5 Å². The van der Waals surface area contributed by atoms with Crippen LogP contribution in [-0.4, -0.2) is 32.4 Å². The van der Waals surface area contributed by atoms with E-state index >= 15 is 0 Å². The molecular formula is C26H26ClFN2O5. The first kappa shape index (κ1) is 25.8. The molecule has 0 bridgehead atoms. The summed E-state index contributed by atoms with van der Waals surface area (Å²) in [6, 6.07) is 14.2. The summed E-state index contributed by atoms with van der Waals surface area (Å²) >= 11 is 6.44. The molecule has 35 heavy (non-hydrogen) atoms. The molecule has 1 N–H and O–H groups in total. The summed E-state index contributed by atoms with van der Waals surface area (Å²) in [5.41, 5.74) is 4.22. The normalized spacial score (nSPS) is 10.8. The van der Waals surface area contributed by atoms with Gasteiger partial charge in [0, 0.05) is 5.56 Å². The summed E-state index contributed by atoms with van der Waals surface area (Å²) in [6.45, 7) is 4.70. The molecule has 0 aromatic heterocycles. The summed E-state index contributed by atoms with van der Waals surface area (Å²) < 4.78 is 35.4. The maximum Gasteiger partial charge on any atom is 0.271 e. The van der Waals surface area contributed by atoms with Crippen LogP contribution in [0.5, 0.6) is 23.0 Å². The Hall–Kier alpha value is -3.78. The first-order chi connectivity index (χ1) is 16.9. The minimum Gasteiger partial charge on any atom is -0.493 e. The van der Waals surface area contributed by atoms with Gasteiger partial charge in [0.25, 0.3) is 5.91 Å². The van der Waals surface area contributed by atoms with E-state index in [1.54, 1.807) is 42.5 Å².